The first-order valence-electron chi connectivity index (χ1n) is 42.8. The summed E-state index contributed by atoms with van der Waals surface area (Å²) in [5, 5.41) is 7.70. The van der Waals surface area contributed by atoms with Gasteiger partial charge in [-0.1, -0.05) is 225 Å². The van der Waals surface area contributed by atoms with Crippen molar-refractivity contribution in [3.63, 3.8) is 0 Å². The fourth-order valence-corrected chi connectivity index (χ4v) is 12.6. The lowest BCUT2D eigenvalue weighted by Crippen LogP contribution is -1.95. The molecule has 0 saturated carbocycles. The van der Waals surface area contributed by atoms with E-state index in [1.807, 2.05) is 177 Å². The highest BCUT2D eigenvalue weighted by molar-refractivity contribution is 6.12. The van der Waals surface area contributed by atoms with Crippen LogP contribution in [0.5, 0.6) is 0 Å². The molecule has 0 saturated heterocycles. The number of para-hydroxylation sites is 5. The monoisotopic (exact) mass is 1390 g/mol. The van der Waals surface area contributed by atoms with Crippen molar-refractivity contribution in [3.05, 3.63) is 337 Å². The van der Waals surface area contributed by atoms with Crippen molar-refractivity contribution in [2.45, 2.75) is 42.0 Å². The molecule has 12 nitrogen and oxygen atoms in total. The summed E-state index contributed by atoms with van der Waals surface area (Å²) < 4.78 is 177. The van der Waals surface area contributed by atoms with Crippen LogP contribution in [-0.2, 0) is 0 Å². The topological polar surface area (TPSA) is 156 Å². The van der Waals surface area contributed by atoms with Crippen LogP contribution < -0.4 is 0 Å². The Morgan fingerprint density at radius 2 is 0.632 bits per heavy atom. The van der Waals surface area contributed by atoms with Gasteiger partial charge >= 0.3 is 0 Å². The van der Waals surface area contributed by atoms with Crippen molar-refractivity contribution in [1.82, 2.24) is 39.9 Å². The van der Waals surface area contributed by atoms with Gasteiger partial charge in [-0.3, -0.25) is 0 Å². The van der Waals surface area contributed by atoms with Crippen molar-refractivity contribution in [3.8, 4) is 90.6 Å². The number of hydrogen-bond donors (Lipinski definition) is 0. The number of aryl methyl sites for hydroxylation is 4. The second-order valence-electron chi connectivity index (χ2n) is 24.5. The molecule has 0 amide bonds. The highest BCUT2D eigenvalue weighted by atomic mass is 16.3. The molecule has 0 N–H and O–H groups in total. The van der Waals surface area contributed by atoms with E-state index < -0.39 is 42.3 Å². The maximum absolute atomic E-state index is 8.46. The van der Waals surface area contributed by atoms with Crippen LogP contribution in [0, 0.1) is 34.6 Å². The Balaban J connectivity index is 0.000000123. The normalized spacial score (nSPS) is 13.7. The average molecular weight is 1390 g/mol. The fraction of sp³-hybridized carbons (Fsp3) is 0.0638. The van der Waals surface area contributed by atoms with E-state index in [4.69, 9.17) is 43.7 Å². The average Bonchev–Trinajstić information content (AvgIpc) is 1.75. The minimum atomic E-state index is -0.431. The third kappa shape index (κ3) is 13.5. The molecule has 8 aromatic heterocycles. The maximum Gasteiger partial charge on any atom is 0.163 e. The molecule has 0 unspecified atom stereocenters. The van der Waals surface area contributed by atoms with E-state index in [0.717, 1.165) is 87.7 Å². The van der Waals surface area contributed by atoms with Crippen molar-refractivity contribution in [2.75, 3.05) is 0 Å². The van der Waals surface area contributed by atoms with Crippen molar-refractivity contribution < 1.29 is 43.7 Å². The maximum atomic E-state index is 8.46. The van der Waals surface area contributed by atoms with Crippen LogP contribution >= 0.6 is 0 Å². The van der Waals surface area contributed by atoms with E-state index in [1.165, 1.54) is 0 Å². The lowest BCUT2D eigenvalue weighted by atomic mass is 10.0. The van der Waals surface area contributed by atoms with Gasteiger partial charge in [-0.25, -0.2) is 39.9 Å². The van der Waals surface area contributed by atoms with Crippen LogP contribution in [0.1, 0.15) is 61.8 Å². The summed E-state index contributed by atoms with van der Waals surface area (Å²) in [5.74, 6) is 1.63. The molecule has 20 aromatic rings. The third-order valence-corrected chi connectivity index (χ3v) is 17.3. The Kier molecular flexibility index (Phi) is 13.1. The Morgan fingerprint density at radius 3 is 1.21 bits per heavy atom. The molecule has 20 rings (SSSR count). The summed E-state index contributed by atoms with van der Waals surface area (Å²) in [5.41, 5.74) is 13.4. The molecule has 106 heavy (non-hydrogen) atoms. The SMILES string of the molecule is C.[2H]c1c([2H])c(C)c([2H])c(-c2cc(C)nc(-c3cccc4c3oc3ccccc34)n2)c1[2H].[2H]c1c([2H])c([2H])c(-c2cc(C)nc(-c3ccc4c(c3)oc3ccccc34)n2)c([2H])c1[2H].[2H]c1c([2H])c([2H])c(-c2cc(C)nc(-c3ccc4oc5ccccc5c4c3)n2)c([2H])c1[2H].[2H]c1c([2H])c([2H])c(-c2cc(C)nc(-c3cccc4oc5ccccc5c34)n2)c([2H])c1[2H]. The van der Waals surface area contributed by atoms with Crippen molar-refractivity contribution in [2.24, 2.45) is 0 Å². The summed E-state index contributed by atoms with van der Waals surface area (Å²) in [6.07, 6.45) is 0. The van der Waals surface area contributed by atoms with Crippen LogP contribution in [0.25, 0.3) is 178 Å². The number of hydrogen-bond acceptors (Lipinski definition) is 12. The van der Waals surface area contributed by atoms with E-state index >= 15 is 0 Å². The molecule has 0 aliphatic rings. The fourth-order valence-electron chi connectivity index (χ4n) is 12.6. The summed E-state index contributed by atoms with van der Waals surface area (Å²) in [4.78, 5) is 36.6. The molecule has 12 heteroatoms. The molecule has 0 spiro atoms. The summed E-state index contributed by atoms with van der Waals surface area (Å²) >= 11 is 0. The minimum absolute atomic E-state index is 0. The van der Waals surface area contributed by atoms with Gasteiger partial charge in [0.05, 0.1) is 54.4 Å². The zero-order valence-corrected chi connectivity index (χ0v) is 56.7. The molecule has 0 bridgehead atoms. The van der Waals surface area contributed by atoms with Gasteiger partial charge in [-0.05, 0) is 132 Å². The molecular formula is C94H70N8O4. The van der Waals surface area contributed by atoms with Crippen LogP contribution in [0.15, 0.2) is 327 Å². The van der Waals surface area contributed by atoms with Gasteiger partial charge in [0.1, 0.15) is 44.7 Å². The molecule has 12 aromatic carbocycles. The van der Waals surface area contributed by atoms with Gasteiger partial charge < -0.3 is 17.7 Å². The van der Waals surface area contributed by atoms with E-state index in [0.29, 0.717) is 79.6 Å². The van der Waals surface area contributed by atoms with E-state index in [1.54, 1.807) is 52.0 Å². The quantitative estimate of drug-likeness (QED) is 0.142. The zero-order valence-electron chi connectivity index (χ0n) is 75.7. The number of furan rings is 4. The van der Waals surface area contributed by atoms with Gasteiger partial charge in [0.2, 0.25) is 0 Å². The van der Waals surface area contributed by atoms with E-state index in [-0.39, 0.29) is 119 Å². The second-order valence-corrected chi connectivity index (χ2v) is 24.5. The molecule has 8 heterocycles. The number of aromatic nitrogens is 8. The first-order chi connectivity index (χ1) is 59.4. The van der Waals surface area contributed by atoms with Gasteiger partial charge in [-0.2, -0.15) is 0 Å². The van der Waals surface area contributed by atoms with Crippen LogP contribution in [0.2, 0.25) is 0 Å². The number of benzene rings is 12. The van der Waals surface area contributed by atoms with Crippen LogP contribution in [-0.4, -0.2) is 39.9 Å². The molecule has 0 aliphatic carbocycles. The third-order valence-electron chi connectivity index (χ3n) is 17.3. The summed E-state index contributed by atoms with van der Waals surface area (Å²) in [6, 6.07) is 54.7. The minimum Gasteiger partial charge on any atom is -0.456 e. The van der Waals surface area contributed by atoms with Crippen molar-refractivity contribution in [1.29, 1.82) is 0 Å². The Hall–Kier alpha value is -13.8. The summed E-state index contributed by atoms with van der Waals surface area (Å²) in [7, 11) is 0. The largest absolute Gasteiger partial charge is 0.456 e. The Bertz CT molecular complexity index is 7730. The first-order valence-corrected chi connectivity index (χ1v) is 33.3. The van der Waals surface area contributed by atoms with Crippen molar-refractivity contribution >= 4 is 87.8 Å². The molecule has 0 fully saturated rings. The van der Waals surface area contributed by atoms with Gasteiger partial charge in [0.15, 0.2) is 23.3 Å². The van der Waals surface area contributed by atoms with Gasteiger partial charge in [0, 0.05) is 105 Å². The summed E-state index contributed by atoms with van der Waals surface area (Å²) in [6.45, 7) is 8.81. The molecule has 510 valence electrons. The van der Waals surface area contributed by atoms with Crippen LogP contribution in [0.3, 0.4) is 0 Å². The lowest BCUT2D eigenvalue weighted by Gasteiger charge is -2.07. The molecule has 0 radical (unpaired) electrons. The predicted octanol–water partition coefficient (Wildman–Crippen LogP) is 25.0. The number of fused-ring (bicyclic) bond motifs is 12. The highest BCUT2D eigenvalue weighted by Gasteiger charge is 2.19. The standard InChI is InChI=1S/C24H18N2O.3C23H16N2O.CH4/c1-15-7-5-8-17(13-15)21-14-16(2)25-24(26-21)20-11-6-10-19-18-9-3-4-12-22(18)27-23(19)20;1-15-14-19(16-8-3-2-4-9-16)25-23(24-15)18-11-7-13-21-22(18)17-10-5-6-12-20(17)26-21;1-15-13-20(16-7-3-2-4-8-16)25-23(24-15)17-11-12-22-19(14-17)18-9-5-6-10-21(18)26-22;1-15-13-20(16-7-3-2-4-8-16)25-23(24-15)17-11-12-19-18-9-5-6-10-21(18)26-22(19)14-17;/h3-14H,1-2H3;3*2-14H,1H3;1H4/i5D,7D,8D,13D;2D,3D,4D,8D,9D;2*2D,3D,4D,7D,8D;. The second kappa shape index (κ2) is 28.9. The number of nitrogens with zero attached hydrogens (tertiary/aromatic N) is 8. The lowest BCUT2D eigenvalue weighted by molar-refractivity contribution is 0.668. The van der Waals surface area contributed by atoms with E-state index in [2.05, 4.69) is 39.9 Å². The molecular weight excluding hydrogens is 1310 g/mol. The molecule has 0 aliphatic heterocycles. The first kappa shape index (κ1) is 48.1. The highest BCUT2D eigenvalue weighted by Crippen LogP contribution is 2.40. The van der Waals surface area contributed by atoms with Gasteiger partial charge in [-0.15, -0.1) is 0 Å². The zero-order chi connectivity index (χ0) is 87.4. The van der Waals surface area contributed by atoms with E-state index in [9.17, 15) is 0 Å². The Labute approximate surface area is 638 Å². The number of rotatable bonds is 8. The molecule has 0 atom stereocenters. The Morgan fingerprint density at radius 1 is 0.255 bits per heavy atom. The van der Waals surface area contributed by atoms with Gasteiger partial charge in [0.25, 0.3) is 0 Å². The predicted molar refractivity (Wildman–Crippen MR) is 431 cm³/mol. The van der Waals surface area contributed by atoms with Crippen LogP contribution in [0.4, 0.5) is 0 Å². The smallest absolute Gasteiger partial charge is 0.163 e.